The predicted octanol–water partition coefficient (Wildman–Crippen LogP) is 2.36. The van der Waals surface area contributed by atoms with Gasteiger partial charge in [0.05, 0.1) is 6.54 Å². The standard InChI is InChI=1S/C10H12BrN5O/c1-6(2)10-14-7(11)3-8(15-10)12-4-9-13-5-17-16-9/h3,5-6H,4H2,1-2H3,(H,12,14,15). The molecule has 0 aliphatic heterocycles. The van der Waals surface area contributed by atoms with Crippen molar-refractivity contribution in [1.29, 1.82) is 0 Å². The number of nitrogens with zero attached hydrogens (tertiary/aromatic N) is 4. The molecule has 2 heterocycles. The Morgan fingerprint density at radius 2 is 2.24 bits per heavy atom. The molecule has 0 unspecified atom stereocenters. The molecular formula is C10H12BrN5O. The summed E-state index contributed by atoms with van der Waals surface area (Å²) < 4.78 is 5.40. The molecule has 0 aliphatic rings. The van der Waals surface area contributed by atoms with Crippen LogP contribution in [0.25, 0.3) is 0 Å². The predicted molar refractivity (Wildman–Crippen MR) is 65.4 cm³/mol. The molecule has 0 saturated carbocycles. The number of anilines is 1. The molecule has 0 aromatic carbocycles. The fraction of sp³-hybridized carbons (Fsp3) is 0.400. The van der Waals surface area contributed by atoms with Gasteiger partial charge in [-0.3, -0.25) is 0 Å². The summed E-state index contributed by atoms with van der Waals surface area (Å²) in [5.41, 5.74) is 0. The van der Waals surface area contributed by atoms with Crippen LogP contribution in [0, 0.1) is 0 Å². The minimum absolute atomic E-state index is 0.276. The summed E-state index contributed by atoms with van der Waals surface area (Å²) in [5, 5.41) is 6.82. The molecule has 0 saturated heterocycles. The van der Waals surface area contributed by atoms with Gasteiger partial charge >= 0.3 is 0 Å². The first-order valence-corrected chi connectivity index (χ1v) is 5.98. The van der Waals surface area contributed by atoms with Gasteiger partial charge in [-0.15, -0.1) is 0 Å². The van der Waals surface area contributed by atoms with E-state index in [1.54, 1.807) is 0 Å². The molecule has 0 bridgehead atoms. The van der Waals surface area contributed by atoms with Gasteiger partial charge in [-0.1, -0.05) is 19.0 Å². The lowest BCUT2D eigenvalue weighted by molar-refractivity contribution is 0.411. The van der Waals surface area contributed by atoms with Gasteiger partial charge in [0, 0.05) is 12.0 Å². The first-order valence-electron chi connectivity index (χ1n) is 5.18. The van der Waals surface area contributed by atoms with Crippen molar-refractivity contribution in [3.8, 4) is 0 Å². The summed E-state index contributed by atoms with van der Waals surface area (Å²) in [6.07, 6.45) is 1.30. The summed E-state index contributed by atoms with van der Waals surface area (Å²) in [4.78, 5) is 12.6. The van der Waals surface area contributed by atoms with Gasteiger partial charge in [0.2, 0.25) is 6.39 Å². The summed E-state index contributed by atoms with van der Waals surface area (Å²) in [5.74, 6) is 2.39. The van der Waals surface area contributed by atoms with Crippen molar-refractivity contribution < 1.29 is 4.52 Å². The third-order valence-electron chi connectivity index (χ3n) is 2.06. The Kier molecular flexibility index (Phi) is 3.68. The molecule has 2 aromatic rings. The zero-order valence-corrected chi connectivity index (χ0v) is 11.1. The largest absolute Gasteiger partial charge is 0.362 e. The molecule has 90 valence electrons. The first-order chi connectivity index (χ1) is 8.15. The Labute approximate surface area is 107 Å². The van der Waals surface area contributed by atoms with Crippen LogP contribution in [0.5, 0.6) is 0 Å². The van der Waals surface area contributed by atoms with Crippen LogP contribution in [0.4, 0.5) is 5.82 Å². The minimum atomic E-state index is 0.276. The van der Waals surface area contributed by atoms with Gasteiger partial charge < -0.3 is 9.84 Å². The number of rotatable bonds is 4. The average Bonchev–Trinajstić information content (AvgIpc) is 2.78. The normalized spacial score (nSPS) is 10.8. The smallest absolute Gasteiger partial charge is 0.213 e. The molecule has 0 spiro atoms. The van der Waals surface area contributed by atoms with Gasteiger partial charge in [-0.25, -0.2) is 9.97 Å². The van der Waals surface area contributed by atoms with Crippen molar-refractivity contribution in [2.24, 2.45) is 0 Å². The molecule has 0 fully saturated rings. The molecule has 1 N–H and O–H groups in total. The Balaban J connectivity index is 2.10. The van der Waals surface area contributed by atoms with E-state index in [-0.39, 0.29) is 5.92 Å². The third-order valence-corrected chi connectivity index (χ3v) is 2.47. The van der Waals surface area contributed by atoms with Gasteiger partial charge in [0.1, 0.15) is 16.2 Å². The van der Waals surface area contributed by atoms with Crippen LogP contribution in [0.3, 0.4) is 0 Å². The molecule has 6 nitrogen and oxygen atoms in total. The van der Waals surface area contributed by atoms with E-state index in [1.165, 1.54) is 6.39 Å². The second-order valence-electron chi connectivity index (χ2n) is 3.79. The number of halogens is 1. The first kappa shape index (κ1) is 12.0. The number of hydrogen-bond acceptors (Lipinski definition) is 6. The lowest BCUT2D eigenvalue weighted by Gasteiger charge is -2.08. The maximum Gasteiger partial charge on any atom is 0.213 e. The zero-order chi connectivity index (χ0) is 12.3. The molecule has 0 amide bonds. The topological polar surface area (TPSA) is 76.7 Å². The van der Waals surface area contributed by atoms with Crippen LogP contribution in [0.1, 0.15) is 31.4 Å². The van der Waals surface area contributed by atoms with Crippen molar-refractivity contribution in [3.05, 3.63) is 28.7 Å². The summed E-state index contributed by atoms with van der Waals surface area (Å²) in [6, 6.07) is 1.81. The van der Waals surface area contributed by atoms with Gasteiger partial charge in [0.25, 0.3) is 0 Å². The highest BCUT2D eigenvalue weighted by molar-refractivity contribution is 9.10. The molecule has 7 heteroatoms. The van der Waals surface area contributed by atoms with Crippen molar-refractivity contribution in [2.75, 3.05) is 5.32 Å². The van der Waals surface area contributed by atoms with E-state index in [1.807, 2.05) is 19.9 Å². The maximum atomic E-state index is 4.65. The Morgan fingerprint density at radius 3 is 2.88 bits per heavy atom. The van der Waals surface area contributed by atoms with Crippen LogP contribution in [-0.2, 0) is 6.54 Å². The lowest BCUT2D eigenvalue weighted by atomic mass is 10.2. The fourth-order valence-electron chi connectivity index (χ4n) is 1.22. The second kappa shape index (κ2) is 5.22. The van der Waals surface area contributed by atoms with Crippen LogP contribution in [0.2, 0.25) is 0 Å². The fourth-order valence-corrected chi connectivity index (χ4v) is 1.62. The van der Waals surface area contributed by atoms with E-state index in [2.05, 4.69) is 45.9 Å². The van der Waals surface area contributed by atoms with Crippen molar-refractivity contribution in [2.45, 2.75) is 26.3 Å². The van der Waals surface area contributed by atoms with E-state index < -0.39 is 0 Å². The minimum Gasteiger partial charge on any atom is -0.362 e. The molecule has 0 aliphatic carbocycles. The van der Waals surface area contributed by atoms with Crippen LogP contribution in [-0.4, -0.2) is 20.1 Å². The molecule has 2 aromatic heterocycles. The quantitative estimate of drug-likeness (QED) is 0.873. The van der Waals surface area contributed by atoms with Crippen LogP contribution >= 0.6 is 15.9 Å². The molecular weight excluding hydrogens is 286 g/mol. The third kappa shape index (κ3) is 3.23. The second-order valence-corrected chi connectivity index (χ2v) is 4.60. The Morgan fingerprint density at radius 1 is 1.41 bits per heavy atom. The molecule has 17 heavy (non-hydrogen) atoms. The van der Waals surface area contributed by atoms with Crippen LogP contribution < -0.4 is 5.32 Å². The highest BCUT2D eigenvalue weighted by Crippen LogP contribution is 2.17. The highest BCUT2D eigenvalue weighted by atomic mass is 79.9. The number of hydrogen-bond donors (Lipinski definition) is 1. The number of aromatic nitrogens is 4. The van der Waals surface area contributed by atoms with E-state index >= 15 is 0 Å². The van der Waals surface area contributed by atoms with E-state index in [0.29, 0.717) is 12.4 Å². The number of nitrogens with one attached hydrogen (secondary N) is 1. The van der Waals surface area contributed by atoms with E-state index in [9.17, 15) is 0 Å². The molecule has 2 rings (SSSR count). The monoisotopic (exact) mass is 297 g/mol. The van der Waals surface area contributed by atoms with E-state index in [0.717, 1.165) is 16.2 Å². The van der Waals surface area contributed by atoms with Gasteiger partial charge in [0.15, 0.2) is 5.82 Å². The van der Waals surface area contributed by atoms with Crippen LogP contribution in [0.15, 0.2) is 21.6 Å². The van der Waals surface area contributed by atoms with Crippen molar-refractivity contribution >= 4 is 21.7 Å². The SMILES string of the molecule is CC(C)c1nc(Br)cc(NCc2ncon2)n1. The van der Waals surface area contributed by atoms with Crippen molar-refractivity contribution in [1.82, 2.24) is 20.1 Å². The molecule has 0 atom stereocenters. The summed E-state index contributed by atoms with van der Waals surface area (Å²) in [6.45, 7) is 4.56. The van der Waals surface area contributed by atoms with Gasteiger partial charge in [-0.05, 0) is 15.9 Å². The Bertz CT molecular complexity index is 485. The van der Waals surface area contributed by atoms with Crippen molar-refractivity contribution in [3.63, 3.8) is 0 Å². The average molecular weight is 298 g/mol. The zero-order valence-electron chi connectivity index (χ0n) is 9.51. The van der Waals surface area contributed by atoms with Gasteiger partial charge in [-0.2, -0.15) is 4.98 Å². The summed E-state index contributed by atoms with van der Waals surface area (Å²) >= 11 is 3.36. The highest BCUT2D eigenvalue weighted by Gasteiger charge is 2.07. The Hall–Kier alpha value is -1.50. The van der Waals surface area contributed by atoms with E-state index in [4.69, 9.17) is 0 Å². The lowest BCUT2D eigenvalue weighted by Crippen LogP contribution is -2.06. The molecule has 0 radical (unpaired) electrons. The maximum absolute atomic E-state index is 4.65. The summed E-state index contributed by atoms with van der Waals surface area (Å²) in [7, 11) is 0.